The zero-order valence-corrected chi connectivity index (χ0v) is 20.0. The van der Waals surface area contributed by atoms with E-state index in [1.54, 1.807) is 62.7 Å². The number of methoxy groups -OCH3 is 1. The van der Waals surface area contributed by atoms with Crippen molar-refractivity contribution in [3.63, 3.8) is 0 Å². The number of nitrogens with zero attached hydrogens (tertiary/aromatic N) is 2. The molecule has 0 fully saturated rings. The average molecular weight is 473 g/mol. The first kappa shape index (κ1) is 25.2. The topological polar surface area (TPSA) is 76.1 Å². The van der Waals surface area contributed by atoms with Gasteiger partial charge in [0.15, 0.2) is 0 Å². The number of urea groups is 1. The van der Waals surface area contributed by atoms with Gasteiger partial charge in [-0.15, -0.1) is 0 Å². The minimum atomic E-state index is -0.543. The van der Waals surface area contributed by atoms with Gasteiger partial charge in [0.2, 0.25) is 0 Å². The second-order valence-corrected chi connectivity index (χ2v) is 7.75. The molecule has 0 aliphatic rings. The van der Waals surface area contributed by atoms with E-state index in [1.807, 2.05) is 36.4 Å². The molecule has 7 nitrogen and oxygen atoms in total. The minimum Gasteiger partial charge on any atom is -0.497 e. The van der Waals surface area contributed by atoms with Gasteiger partial charge in [0, 0.05) is 26.1 Å². The Morgan fingerprint density at radius 2 is 1.46 bits per heavy atom. The number of rotatable bonds is 8. The molecule has 180 valence electrons. The van der Waals surface area contributed by atoms with E-state index in [4.69, 9.17) is 9.47 Å². The molecule has 0 heterocycles. The molecule has 0 aromatic heterocycles. The molecule has 0 aliphatic carbocycles. The summed E-state index contributed by atoms with van der Waals surface area (Å²) in [5.74, 6) is -0.412. The summed E-state index contributed by atoms with van der Waals surface area (Å²) in [6.45, 7) is 1.51. The van der Waals surface area contributed by atoms with Crippen LogP contribution in [0.1, 0.15) is 18.1 Å². The molecule has 0 unspecified atom stereocenters. The quantitative estimate of drug-likeness (QED) is 0.343. The number of hydrogen-bond acceptors (Lipinski definition) is 5. The number of esters is 1. The molecule has 0 spiro atoms. The van der Waals surface area contributed by atoms with Crippen molar-refractivity contribution in [3.8, 4) is 5.75 Å². The third-order valence-corrected chi connectivity index (χ3v) is 5.20. The summed E-state index contributed by atoms with van der Waals surface area (Å²) in [6.07, 6.45) is 1.51. The van der Waals surface area contributed by atoms with Crippen molar-refractivity contribution >= 4 is 29.2 Å². The van der Waals surface area contributed by atoms with Crippen LogP contribution in [0.25, 0.3) is 5.57 Å². The van der Waals surface area contributed by atoms with E-state index in [0.29, 0.717) is 23.5 Å². The van der Waals surface area contributed by atoms with E-state index in [0.717, 1.165) is 10.5 Å². The molecule has 0 bridgehead atoms. The van der Waals surface area contributed by atoms with E-state index >= 15 is 0 Å². The Bertz CT molecular complexity index is 1170. The molecule has 7 heteroatoms. The molecule has 0 saturated carbocycles. The maximum atomic E-state index is 13.9. The molecule has 0 N–H and O–H groups in total. The molecular weight excluding hydrogens is 444 g/mol. The number of hydrogen-bond donors (Lipinski definition) is 0. The highest BCUT2D eigenvalue weighted by atomic mass is 16.5. The molecule has 3 amide bonds. The summed E-state index contributed by atoms with van der Waals surface area (Å²) in [5.41, 5.74) is 2.15. The van der Waals surface area contributed by atoms with E-state index in [-0.39, 0.29) is 12.2 Å². The van der Waals surface area contributed by atoms with Crippen molar-refractivity contribution < 1.29 is 23.9 Å². The highest BCUT2D eigenvalue weighted by molar-refractivity contribution is 6.33. The van der Waals surface area contributed by atoms with Crippen LogP contribution in [0.5, 0.6) is 5.75 Å². The fraction of sp³-hybridized carbons (Fsp3) is 0.179. The lowest BCUT2D eigenvalue weighted by Crippen LogP contribution is -2.45. The van der Waals surface area contributed by atoms with Gasteiger partial charge in [0.25, 0.3) is 5.91 Å². The zero-order valence-electron chi connectivity index (χ0n) is 20.0. The van der Waals surface area contributed by atoms with Crippen LogP contribution in [0.4, 0.5) is 10.5 Å². The number of ether oxygens (including phenoxy) is 2. The third-order valence-electron chi connectivity index (χ3n) is 5.20. The van der Waals surface area contributed by atoms with Crippen molar-refractivity contribution in [1.82, 2.24) is 4.90 Å². The van der Waals surface area contributed by atoms with Crippen LogP contribution in [0.2, 0.25) is 0 Å². The van der Waals surface area contributed by atoms with Crippen LogP contribution in [0.3, 0.4) is 0 Å². The van der Waals surface area contributed by atoms with Crippen LogP contribution >= 0.6 is 0 Å². The number of carbonyl (C=O) groups excluding carboxylic acids is 3. The van der Waals surface area contributed by atoms with Gasteiger partial charge in [-0.25, -0.2) is 9.69 Å². The molecule has 3 rings (SSSR count). The zero-order chi connectivity index (χ0) is 25.2. The second kappa shape index (κ2) is 12.2. The highest BCUT2D eigenvalue weighted by Crippen LogP contribution is 2.26. The normalized spacial score (nSPS) is 10.9. The maximum absolute atomic E-state index is 13.9. The Labute approximate surface area is 205 Å². The first-order valence-corrected chi connectivity index (χ1v) is 11.1. The highest BCUT2D eigenvalue weighted by Gasteiger charge is 2.29. The molecule has 0 atom stereocenters. The number of anilines is 1. The van der Waals surface area contributed by atoms with Crippen molar-refractivity contribution in [2.75, 3.05) is 25.7 Å². The van der Waals surface area contributed by atoms with Crippen molar-refractivity contribution in [3.05, 3.63) is 102 Å². The lowest BCUT2D eigenvalue weighted by atomic mass is 10.0. The Hall–Kier alpha value is -4.39. The molecule has 0 aliphatic heterocycles. The minimum absolute atomic E-state index is 0.101. The SMILES string of the molecule is COc1ccc(N(C(=O)/C(=C/COC(C)=O)c2ccccc2)C(=O)N(C)Cc2ccccc2)cc1. The molecule has 35 heavy (non-hydrogen) atoms. The molecule has 3 aromatic carbocycles. The van der Waals surface area contributed by atoms with Gasteiger partial charge < -0.3 is 14.4 Å². The fourth-order valence-corrected chi connectivity index (χ4v) is 3.45. The van der Waals surface area contributed by atoms with Crippen LogP contribution in [0.15, 0.2) is 91.0 Å². The van der Waals surface area contributed by atoms with Gasteiger partial charge in [-0.2, -0.15) is 0 Å². The summed E-state index contributed by atoms with van der Waals surface area (Å²) in [5, 5.41) is 0. The van der Waals surface area contributed by atoms with Gasteiger partial charge in [-0.3, -0.25) is 9.59 Å². The molecular formula is C28H28N2O5. The predicted molar refractivity (Wildman–Crippen MR) is 135 cm³/mol. The van der Waals surface area contributed by atoms with E-state index < -0.39 is 17.9 Å². The molecule has 0 radical (unpaired) electrons. The van der Waals surface area contributed by atoms with Crippen LogP contribution in [0, 0.1) is 0 Å². The van der Waals surface area contributed by atoms with Gasteiger partial charge >= 0.3 is 12.0 Å². The second-order valence-electron chi connectivity index (χ2n) is 7.75. The van der Waals surface area contributed by atoms with Crippen LogP contribution in [-0.2, 0) is 20.9 Å². The van der Waals surface area contributed by atoms with Crippen LogP contribution in [-0.4, -0.2) is 43.6 Å². The predicted octanol–water partition coefficient (Wildman–Crippen LogP) is 4.93. The third kappa shape index (κ3) is 6.80. The van der Waals surface area contributed by atoms with Gasteiger partial charge in [-0.05, 0) is 41.5 Å². The van der Waals surface area contributed by atoms with E-state index in [2.05, 4.69) is 0 Å². The summed E-state index contributed by atoms with van der Waals surface area (Å²) in [6, 6.07) is 24.6. The Balaban J connectivity index is 2.01. The molecule has 0 saturated heterocycles. The van der Waals surface area contributed by atoms with Crippen molar-refractivity contribution in [2.45, 2.75) is 13.5 Å². The van der Waals surface area contributed by atoms with Gasteiger partial charge in [-0.1, -0.05) is 60.7 Å². The smallest absolute Gasteiger partial charge is 0.331 e. The average Bonchev–Trinajstić information content (AvgIpc) is 2.88. The van der Waals surface area contributed by atoms with E-state index in [1.165, 1.54) is 17.9 Å². The lowest BCUT2D eigenvalue weighted by molar-refractivity contribution is -0.139. The molecule has 3 aromatic rings. The lowest BCUT2D eigenvalue weighted by Gasteiger charge is -2.28. The summed E-state index contributed by atoms with van der Waals surface area (Å²) in [7, 11) is 3.19. The van der Waals surface area contributed by atoms with Gasteiger partial charge in [0.1, 0.15) is 12.4 Å². The fourth-order valence-electron chi connectivity index (χ4n) is 3.45. The number of amides is 3. The maximum Gasteiger partial charge on any atom is 0.331 e. The largest absolute Gasteiger partial charge is 0.497 e. The summed E-state index contributed by atoms with van der Waals surface area (Å²) in [4.78, 5) is 41.5. The summed E-state index contributed by atoms with van der Waals surface area (Å²) >= 11 is 0. The number of benzene rings is 3. The first-order chi connectivity index (χ1) is 16.9. The van der Waals surface area contributed by atoms with Crippen molar-refractivity contribution in [1.29, 1.82) is 0 Å². The Kier molecular flexibility index (Phi) is 8.78. The summed E-state index contributed by atoms with van der Waals surface area (Å²) < 4.78 is 10.3. The number of carbonyl (C=O) groups is 3. The first-order valence-electron chi connectivity index (χ1n) is 11.1. The van der Waals surface area contributed by atoms with Crippen molar-refractivity contribution in [2.24, 2.45) is 0 Å². The van der Waals surface area contributed by atoms with Gasteiger partial charge in [0.05, 0.1) is 12.8 Å². The number of imide groups is 1. The Morgan fingerprint density at radius 1 is 0.857 bits per heavy atom. The van der Waals surface area contributed by atoms with E-state index in [9.17, 15) is 14.4 Å². The Morgan fingerprint density at radius 3 is 2.03 bits per heavy atom. The standard InChI is InChI=1S/C28H28N2O5/c1-21(31)35-19-18-26(23-12-8-5-9-13-23)27(32)30(24-14-16-25(34-3)17-15-24)28(33)29(2)20-22-10-6-4-7-11-22/h4-18H,19-20H2,1-3H3/b26-18+. The monoisotopic (exact) mass is 472 g/mol. The van der Waals surface area contributed by atoms with Crippen LogP contribution < -0.4 is 9.64 Å².